The molecular weight excluding hydrogens is 508 g/mol. The highest BCUT2D eigenvalue weighted by Gasteiger charge is 2.36. The van der Waals surface area contributed by atoms with E-state index < -0.39 is 16.1 Å². The van der Waals surface area contributed by atoms with Crippen LogP contribution in [-0.4, -0.2) is 30.3 Å². The van der Waals surface area contributed by atoms with Gasteiger partial charge in [-0.2, -0.15) is 0 Å². The van der Waals surface area contributed by atoms with Crippen molar-refractivity contribution >= 4 is 32.7 Å². The van der Waals surface area contributed by atoms with E-state index in [0.29, 0.717) is 24.4 Å². The van der Waals surface area contributed by atoms with Gasteiger partial charge in [-0.25, -0.2) is 13.4 Å². The summed E-state index contributed by atoms with van der Waals surface area (Å²) in [5, 5.41) is 3.09. The topological polar surface area (TPSA) is 95.2 Å². The number of H-pyrrole nitrogens is 1. The maximum atomic E-state index is 13.7. The molecular formula is C31H28N4O3S. The zero-order valence-corrected chi connectivity index (χ0v) is 22.2. The highest BCUT2D eigenvalue weighted by Crippen LogP contribution is 2.36. The normalized spacial score (nSPS) is 15.7. The number of sulfonamides is 1. The van der Waals surface area contributed by atoms with Crippen molar-refractivity contribution in [2.45, 2.75) is 36.7 Å². The Labute approximate surface area is 227 Å². The molecule has 0 spiro atoms. The summed E-state index contributed by atoms with van der Waals surface area (Å²) < 4.78 is 29.0. The van der Waals surface area contributed by atoms with Crippen molar-refractivity contribution < 1.29 is 13.2 Å². The molecule has 0 bridgehead atoms. The number of benzene rings is 4. The first-order valence-corrected chi connectivity index (χ1v) is 14.4. The fourth-order valence-corrected chi connectivity index (χ4v) is 7.00. The van der Waals surface area contributed by atoms with Gasteiger partial charge in [0.15, 0.2) is 0 Å². The molecule has 0 aliphatic carbocycles. The number of nitrogens with zero attached hydrogens (tertiary/aromatic N) is 2. The highest BCUT2D eigenvalue weighted by atomic mass is 32.2. The van der Waals surface area contributed by atoms with Crippen LogP contribution >= 0.6 is 0 Å². The van der Waals surface area contributed by atoms with Gasteiger partial charge in [-0.3, -0.25) is 9.10 Å². The Morgan fingerprint density at radius 1 is 0.974 bits per heavy atom. The van der Waals surface area contributed by atoms with Crippen LogP contribution in [0.3, 0.4) is 0 Å². The van der Waals surface area contributed by atoms with Crippen LogP contribution in [-0.2, 0) is 22.9 Å². The first-order valence-electron chi connectivity index (χ1n) is 12.9. The van der Waals surface area contributed by atoms with Gasteiger partial charge in [0, 0.05) is 11.6 Å². The van der Waals surface area contributed by atoms with Gasteiger partial charge in [0.2, 0.25) is 0 Å². The van der Waals surface area contributed by atoms with Crippen LogP contribution in [0.4, 0.5) is 5.69 Å². The zero-order chi connectivity index (χ0) is 27.0. The summed E-state index contributed by atoms with van der Waals surface area (Å²) in [6.45, 7) is 1.90. The van der Waals surface area contributed by atoms with Crippen LogP contribution in [0.5, 0.6) is 0 Å². The monoisotopic (exact) mass is 536 g/mol. The van der Waals surface area contributed by atoms with E-state index in [9.17, 15) is 13.2 Å². The van der Waals surface area contributed by atoms with Crippen molar-refractivity contribution in [3.05, 3.63) is 126 Å². The SMILES string of the molecule is CC1Cc2ccccc2N1S(=O)(=O)c1cccc(C(=O)N[C@@H](Cc2ccccc2)c2nc3ccccc3[nH]2)c1. The van der Waals surface area contributed by atoms with Crippen LogP contribution in [0.25, 0.3) is 11.0 Å². The molecule has 39 heavy (non-hydrogen) atoms. The van der Waals surface area contributed by atoms with E-state index in [0.717, 1.165) is 22.2 Å². The minimum absolute atomic E-state index is 0.0852. The Bertz CT molecular complexity index is 1730. The number of para-hydroxylation sites is 3. The van der Waals surface area contributed by atoms with Crippen LogP contribution in [0, 0.1) is 0 Å². The van der Waals surface area contributed by atoms with Crippen LogP contribution in [0.2, 0.25) is 0 Å². The lowest BCUT2D eigenvalue weighted by atomic mass is 10.0. The molecule has 196 valence electrons. The van der Waals surface area contributed by atoms with Gasteiger partial charge in [-0.1, -0.05) is 66.7 Å². The molecule has 1 amide bonds. The molecule has 1 aliphatic heterocycles. The maximum absolute atomic E-state index is 13.7. The lowest BCUT2D eigenvalue weighted by Gasteiger charge is -2.24. The van der Waals surface area contributed by atoms with Crippen LogP contribution < -0.4 is 9.62 Å². The van der Waals surface area contributed by atoms with E-state index in [1.807, 2.05) is 85.8 Å². The molecule has 1 unspecified atom stereocenters. The Kier molecular flexibility index (Phi) is 6.40. The molecule has 4 aromatic carbocycles. The van der Waals surface area contributed by atoms with Crippen molar-refractivity contribution in [1.29, 1.82) is 0 Å². The summed E-state index contributed by atoms with van der Waals surface area (Å²) in [5.41, 5.74) is 4.69. The smallest absolute Gasteiger partial charge is 0.264 e. The third kappa shape index (κ3) is 4.79. The van der Waals surface area contributed by atoms with Crippen molar-refractivity contribution in [3.63, 3.8) is 0 Å². The number of fused-ring (bicyclic) bond motifs is 2. The molecule has 2 heterocycles. The summed E-state index contributed by atoms with van der Waals surface area (Å²) in [4.78, 5) is 21.7. The Morgan fingerprint density at radius 3 is 2.54 bits per heavy atom. The Hall–Kier alpha value is -4.43. The predicted octanol–water partition coefficient (Wildman–Crippen LogP) is 5.42. The number of hydrogen-bond acceptors (Lipinski definition) is 4. The Morgan fingerprint density at radius 2 is 1.72 bits per heavy atom. The number of rotatable bonds is 7. The first kappa shape index (κ1) is 24.9. The molecule has 2 atom stereocenters. The quantitative estimate of drug-likeness (QED) is 0.291. The summed E-state index contributed by atoms with van der Waals surface area (Å²) in [5.74, 6) is 0.267. The lowest BCUT2D eigenvalue weighted by Crippen LogP contribution is -2.36. The molecule has 1 aromatic heterocycles. The second kappa shape index (κ2) is 10.0. The van der Waals surface area contributed by atoms with Gasteiger partial charge in [-0.05, 0) is 67.3 Å². The fraction of sp³-hybridized carbons (Fsp3) is 0.161. The molecule has 8 heteroatoms. The van der Waals surface area contributed by atoms with Crippen molar-refractivity contribution in [3.8, 4) is 0 Å². The van der Waals surface area contributed by atoms with E-state index in [1.165, 1.54) is 10.4 Å². The first-order chi connectivity index (χ1) is 18.9. The third-order valence-corrected chi connectivity index (χ3v) is 9.05. The highest BCUT2D eigenvalue weighted by molar-refractivity contribution is 7.92. The molecule has 0 radical (unpaired) electrons. The number of nitrogens with one attached hydrogen (secondary N) is 2. The van der Waals surface area contributed by atoms with Gasteiger partial charge in [0.25, 0.3) is 15.9 Å². The minimum Gasteiger partial charge on any atom is -0.342 e. The Balaban J connectivity index is 1.31. The number of carbonyl (C=O) groups excluding carboxylic acids is 1. The van der Waals surface area contributed by atoms with Crippen molar-refractivity contribution in [1.82, 2.24) is 15.3 Å². The number of anilines is 1. The van der Waals surface area contributed by atoms with Gasteiger partial charge < -0.3 is 10.3 Å². The van der Waals surface area contributed by atoms with Gasteiger partial charge in [0.05, 0.1) is 27.7 Å². The average molecular weight is 537 g/mol. The number of aromatic amines is 1. The second-order valence-corrected chi connectivity index (χ2v) is 11.7. The molecule has 1 aliphatic rings. The summed E-state index contributed by atoms with van der Waals surface area (Å²) in [6, 6.07) is 30.7. The summed E-state index contributed by atoms with van der Waals surface area (Å²) >= 11 is 0. The maximum Gasteiger partial charge on any atom is 0.264 e. The molecule has 0 saturated carbocycles. The van der Waals surface area contributed by atoms with E-state index in [4.69, 9.17) is 4.98 Å². The molecule has 0 saturated heterocycles. The number of hydrogen-bond donors (Lipinski definition) is 2. The number of imidazole rings is 1. The predicted molar refractivity (Wildman–Crippen MR) is 152 cm³/mol. The standard InChI is InChI=1S/C31H28N4O3S/c1-21-18-23-12-5-8-17-29(23)35(21)39(37,38)25-14-9-13-24(20-25)31(36)34-28(19-22-10-3-2-4-11-22)30-32-26-15-6-7-16-27(26)33-30/h2-17,20-21,28H,18-19H2,1H3,(H,32,33)(H,34,36)/t21?,28-/m0/s1. The van der Waals surface area contributed by atoms with Crippen LogP contribution in [0.15, 0.2) is 108 Å². The molecule has 0 fully saturated rings. The van der Waals surface area contributed by atoms with Gasteiger partial charge in [-0.15, -0.1) is 0 Å². The number of carbonyl (C=O) groups is 1. The second-order valence-electron chi connectivity index (χ2n) is 9.87. The average Bonchev–Trinajstić information content (AvgIpc) is 3.54. The minimum atomic E-state index is -3.87. The largest absolute Gasteiger partial charge is 0.342 e. The molecule has 7 nitrogen and oxygen atoms in total. The van der Waals surface area contributed by atoms with Crippen LogP contribution in [0.1, 0.15) is 40.3 Å². The number of amides is 1. The van der Waals surface area contributed by atoms with Gasteiger partial charge in [0.1, 0.15) is 5.82 Å². The molecule has 2 N–H and O–H groups in total. The van der Waals surface area contributed by atoms with E-state index in [-0.39, 0.29) is 22.4 Å². The zero-order valence-electron chi connectivity index (χ0n) is 21.4. The van der Waals surface area contributed by atoms with Gasteiger partial charge >= 0.3 is 0 Å². The lowest BCUT2D eigenvalue weighted by molar-refractivity contribution is 0.0934. The van der Waals surface area contributed by atoms with Crippen molar-refractivity contribution in [2.75, 3.05) is 4.31 Å². The summed E-state index contributed by atoms with van der Waals surface area (Å²) in [6.07, 6.45) is 1.17. The van der Waals surface area contributed by atoms with E-state index in [1.54, 1.807) is 18.2 Å². The number of aromatic nitrogens is 2. The van der Waals surface area contributed by atoms with E-state index >= 15 is 0 Å². The molecule has 5 aromatic rings. The van der Waals surface area contributed by atoms with Crippen molar-refractivity contribution in [2.24, 2.45) is 0 Å². The molecule has 6 rings (SSSR count). The third-order valence-electron chi connectivity index (χ3n) is 7.12. The van der Waals surface area contributed by atoms with E-state index in [2.05, 4.69) is 10.3 Å². The summed E-state index contributed by atoms with van der Waals surface area (Å²) in [7, 11) is -3.87. The fourth-order valence-electron chi connectivity index (χ4n) is 5.26.